The topological polar surface area (TPSA) is 29.0 Å². The molecule has 29 heavy (non-hydrogen) atoms. The van der Waals surface area contributed by atoms with Gasteiger partial charge in [0.05, 0.1) is 5.02 Å². The van der Waals surface area contributed by atoms with Crippen LogP contribution in [-0.2, 0) is 0 Å². The molecule has 1 aromatic heterocycles. The first-order valence-electron chi connectivity index (χ1n) is 9.65. The van der Waals surface area contributed by atoms with Gasteiger partial charge in [0.25, 0.3) is 0 Å². The average molecular weight is 436 g/mol. The fourth-order valence-electron chi connectivity index (χ4n) is 4.13. The van der Waals surface area contributed by atoms with Gasteiger partial charge < -0.3 is 4.90 Å². The van der Waals surface area contributed by atoms with Crippen molar-refractivity contribution in [2.75, 3.05) is 11.4 Å². The van der Waals surface area contributed by atoms with E-state index in [2.05, 4.69) is 28.7 Å². The number of nitrogens with zero attached hydrogens (tertiary/aromatic N) is 3. The second kappa shape index (κ2) is 7.69. The van der Waals surface area contributed by atoms with Gasteiger partial charge in [0.15, 0.2) is 5.82 Å². The van der Waals surface area contributed by atoms with Gasteiger partial charge in [0, 0.05) is 29.1 Å². The molecule has 7 heteroatoms. The Morgan fingerprint density at radius 1 is 1.07 bits per heavy atom. The molecule has 0 amide bonds. The van der Waals surface area contributed by atoms with Gasteiger partial charge in [-0.05, 0) is 61.9 Å². The van der Waals surface area contributed by atoms with Crippen LogP contribution >= 0.6 is 23.2 Å². The molecule has 2 aromatic carbocycles. The van der Waals surface area contributed by atoms with Crippen LogP contribution < -0.4 is 4.90 Å². The number of rotatable bonds is 2. The third-order valence-electron chi connectivity index (χ3n) is 5.70. The molecule has 1 aliphatic heterocycles. The monoisotopic (exact) mass is 435 g/mol. The Bertz CT molecular complexity index is 1080. The summed E-state index contributed by atoms with van der Waals surface area (Å²) in [5.74, 6) is -0.180. The smallest absolute Gasteiger partial charge is 0.225 e. The Labute approximate surface area is 178 Å². The molecule has 152 valence electrons. The largest absolute Gasteiger partial charge is 0.353 e. The van der Waals surface area contributed by atoms with E-state index in [1.54, 1.807) is 25.1 Å². The molecule has 3 aromatic rings. The molecule has 3 nitrogen and oxygen atoms in total. The molecule has 0 N–H and O–H groups in total. The highest BCUT2D eigenvalue weighted by atomic mass is 35.5. The van der Waals surface area contributed by atoms with E-state index >= 15 is 4.39 Å². The number of hydrogen-bond donors (Lipinski definition) is 0. The summed E-state index contributed by atoms with van der Waals surface area (Å²) in [5.41, 5.74) is 0.764. The molecule has 0 spiro atoms. The normalized spacial score (nSPS) is 19.8. The van der Waals surface area contributed by atoms with E-state index in [1.807, 2.05) is 0 Å². The lowest BCUT2D eigenvalue weighted by molar-refractivity contribution is 0.389. The quantitative estimate of drug-likeness (QED) is 0.413. The Kier molecular flexibility index (Phi) is 5.38. The first-order valence-corrected chi connectivity index (χ1v) is 10.4. The van der Waals surface area contributed by atoms with E-state index in [1.165, 1.54) is 6.07 Å². The standard InChI is InChI=1S/C22H21Cl2F2N3/c1-11-7-8-13(3)29(10-11)21-14-9-15(23)18(17-12(2)5-4-6-16(17)25)19(26)20(14)27-22(24)28-21/h4-6,9,11,13H,7-8,10H2,1-3H3/t11-,13-/m0/s1. The highest BCUT2D eigenvalue weighted by molar-refractivity contribution is 6.34. The second-order valence-corrected chi connectivity index (χ2v) is 8.62. The molecule has 1 saturated heterocycles. The predicted molar refractivity (Wildman–Crippen MR) is 115 cm³/mol. The van der Waals surface area contributed by atoms with Gasteiger partial charge in [-0.2, -0.15) is 4.98 Å². The maximum Gasteiger partial charge on any atom is 0.225 e. The number of hydrogen-bond acceptors (Lipinski definition) is 3. The van der Waals surface area contributed by atoms with Crippen LogP contribution in [0.3, 0.4) is 0 Å². The van der Waals surface area contributed by atoms with E-state index < -0.39 is 11.6 Å². The van der Waals surface area contributed by atoms with Crippen molar-refractivity contribution >= 4 is 39.9 Å². The molecular weight excluding hydrogens is 415 g/mol. The van der Waals surface area contributed by atoms with Crippen LogP contribution in [0.15, 0.2) is 24.3 Å². The maximum atomic E-state index is 15.7. The van der Waals surface area contributed by atoms with Crippen LogP contribution in [0.2, 0.25) is 10.3 Å². The fourth-order valence-corrected chi connectivity index (χ4v) is 4.58. The van der Waals surface area contributed by atoms with Gasteiger partial charge in [0.2, 0.25) is 5.28 Å². The van der Waals surface area contributed by atoms with Gasteiger partial charge in [-0.1, -0.05) is 30.7 Å². The van der Waals surface area contributed by atoms with Crippen LogP contribution in [-0.4, -0.2) is 22.6 Å². The van der Waals surface area contributed by atoms with Gasteiger partial charge in [-0.3, -0.25) is 0 Å². The van der Waals surface area contributed by atoms with Crippen molar-refractivity contribution in [1.29, 1.82) is 0 Å². The second-order valence-electron chi connectivity index (χ2n) is 7.88. The molecule has 1 fully saturated rings. The van der Waals surface area contributed by atoms with Crippen molar-refractivity contribution < 1.29 is 8.78 Å². The van der Waals surface area contributed by atoms with Crippen molar-refractivity contribution in [3.63, 3.8) is 0 Å². The summed E-state index contributed by atoms with van der Waals surface area (Å²) in [6, 6.07) is 6.44. The Hall–Kier alpha value is -1.98. The van der Waals surface area contributed by atoms with Crippen molar-refractivity contribution in [2.45, 2.75) is 39.7 Å². The van der Waals surface area contributed by atoms with Crippen LogP contribution in [0.5, 0.6) is 0 Å². The molecule has 4 rings (SSSR count). The molecule has 0 aliphatic carbocycles. The van der Waals surface area contributed by atoms with Crippen LogP contribution in [0.4, 0.5) is 14.6 Å². The zero-order valence-electron chi connectivity index (χ0n) is 16.4. The molecule has 0 radical (unpaired) electrons. The third kappa shape index (κ3) is 3.55. The first kappa shape index (κ1) is 20.3. The van der Waals surface area contributed by atoms with E-state index in [4.69, 9.17) is 23.2 Å². The van der Waals surface area contributed by atoms with Gasteiger partial charge in [-0.15, -0.1) is 0 Å². The zero-order chi connectivity index (χ0) is 20.9. The summed E-state index contributed by atoms with van der Waals surface area (Å²) in [7, 11) is 0. The van der Waals surface area contributed by atoms with E-state index in [9.17, 15) is 4.39 Å². The summed E-state index contributed by atoms with van der Waals surface area (Å²) < 4.78 is 30.2. The van der Waals surface area contributed by atoms with E-state index in [0.29, 0.717) is 22.7 Å². The van der Waals surface area contributed by atoms with Crippen LogP contribution in [0.1, 0.15) is 32.3 Å². The minimum atomic E-state index is -0.691. The number of aryl methyl sites for hydroxylation is 1. The summed E-state index contributed by atoms with van der Waals surface area (Å²) in [5, 5.41) is 0.555. The third-order valence-corrected chi connectivity index (χ3v) is 6.16. The molecule has 2 heterocycles. The molecule has 0 unspecified atom stereocenters. The van der Waals surface area contributed by atoms with Gasteiger partial charge in [-0.25, -0.2) is 13.8 Å². The first-order chi connectivity index (χ1) is 13.8. The van der Waals surface area contributed by atoms with Crippen molar-refractivity contribution in [1.82, 2.24) is 9.97 Å². The number of piperidine rings is 1. The maximum absolute atomic E-state index is 15.7. The Morgan fingerprint density at radius 3 is 2.55 bits per heavy atom. The van der Waals surface area contributed by atoms with Gasteiger partial charge >= 0.3 is 0 Å². The van der Waals surface area contributed by atoms with Crippen molar-refractivity contribution in [3.05, 3.63) is 51.8 Å². The highest BCUT2D eigenvalue weighted by Crippen LogP contribution is 2.41. The molecule has 0 bridgehead atoms. The zero-order valence-corrected chi connectivity index (χ0v) is 18.0. The lowest BCUT2D eigenvalue weighted by Crippen LogP contribution is -2.41. The van der Waals surface area contributed by atoms with E-state index in [-0.39, 0.29) is 33.0 Å². The van der Waals surface area contributed by atoms with Crippen LogP contribution in [0, 0.1) is 24.5 Å². The minimum Gasteiger partial charge on any atom is -0.353 e. The Morgan fingerprint density at radius 2 is 1.83 bits per heavy atom. The molecule has 0 saturated carbocycles. The van der Waals surface area contributed by atoms with Crippen molar-refractivity contribution in [3.8, 4) is 11.1 Å². The Balaban J connectivity index is 1.99. The van der Waals surface area contributed by atoms with Gasteiger partial charge in [0.1, 0.15) is 17.2 Å². The number of halogens is 4. The lowest BCUT2D eigenvalue weighted by Gasteiger charge is -2.38. The summed E-state index contributed by atoms with van der Waals surface area (Å²) >= 11 is 12.7. The number of benzene rings is 2. The minimum absolute atomic E-state index is 0.00413. The SMILES string of the molecule is Cc1cccc(F)c1-c1c(Cl)cc2c(N3C[C@@H](C)CC[C@@H]3C)nc(Cl)nc2c1F. The number of anilines is 1. The predicted octanol–water partition coefficient (Wildman–Crippen LogP) is 6.82. The summed E-state index contributed by atoms with van der Waals surface area (Å²) in [6.07, 6.45) is 2.13. The number of aromatic nitrogens is 2. The molecular formula is C22H21Cl2F2N3. The van der Waals surface area contributed by atoms with E-state index in [0.717, 1.165) is 19.4 Å². The summed E-state index contributed by atoms with van der Waals surface area (Å²) in [4.78, 5) is 10.7. The highest BCUT2D eigenvalue weighted by Gasteiger charge is 2.28. The molecule has 2 atom stereocenters. The van der Waals surface area contributed by atoms with Crippen LogP contribution in [0.25, 0.3) is 22.0 Å². The van der Waals surface area contributed by atoms with Crippen molar-refractivity contribution in [2.24, 2.45) is 5.92 Å². The fraction of sp³-hybridized carbons (Fsp3) is 0.364. The average Bonchev–Trinajstić information content (AvgIpc) is 2.66. The number of fused-ring (bicyclic) bond motifs is 1. The molecule has 1 aliphatic rings. The lowest BCUT2D eigenvalue weighted by atomic mass is 9.94. The summed E-state index contributed by atoms with van der Waals surface area (Å²) in [6.45, 7) is 6.80.